The first-order valence-electron chi connectivity index (χ1n) is 7.91. The Morgan fingerprint density at radius 1 is 1.38 bits per heavy atom. The van der Waals surface area contributed by atoms with Crippen LogP contribution >= 0.6 is 0 Å². The molecule has 2 aliphatic rings. The Balaban J connectivity index is 1.85. The molecular weight excluding hydrogens is 266 g/mol. The van der Waals surface area contributed by atoms with Gasteiger partial charge in [-0.3, -0.25) is 9.80 Å². The number of ether oxygens (including phenoxy) is 1. The van der Waals surface area contributed by atoms with Crippen molar-refractivity contribution in [3.05, 3.63) is 11.3 Å². The minimum absolute atomic E-state index is 0.205. The van der Waals surface area contributed by atoms with Crippen LogP contribution in [0.3, 0.4) is 0 Å². The van der Waals surface area contributed by atoms with E-state index in [0.717, 1.165) is 36.8 Å². The van der Waals surface area contributed by atoms with E-state index in [-0.39, 0.29) is 6.04 Å². The largest absolute Gasteiger partial charge is 0.481 e. The quantitative estimate of drug-likeness (QED) is 0.877. The summed E-state index contributed by atoms with van der Waals surface area (Å²) in [6, 6.07) is 0.909. The van der Waals surface area contributed by atoms with E-state index < -0.39 is 0 Å². The predicted octanol–water partition coefficient (Wildman–Crippen LogP) is 0.517. The molecule has 0 amide bonds. The van der Waals surface area contributed by atoms with Gasteiger partial charge >= 0.3 is 0 Å². The number of piperazine rings is 1. The van der Waals surface area contributed by atoms with Crippen LogP contribution in [0.25, 0.3) is 0 Å². The molecule has 2 atom stereocenters. The topological polar surface area (TPSA) is 59.6 Å². The standard InChI is InChI=1S/C15H27N5O/c1-11-14(15(21-3)18(2)17-11)13(9-16)20-8-7-19-6-4-5-12(19)10-20/h12-13H,4-10,16H2,1-3H3. The number of nitrogens with two attached hydrogens (primary N) is 1. The normalized spacial score (nSPS) is 25.0. The molecule has 0 bridgehead atoms. The lowest BCUT2D eigenvalue weighted by atomic mass is 10.0. The SMILES string of the molecule is COc1c(C(CN)N2CCN3CCCC3C2)c(C)nn1C. The maximum atomic E-state index is 6.13. The number of hydrogen-bond donors (Lipinski definition) is 1. The molecule has 0 saturated carbocycles. The van der Waals surface area contributed by atoms with Crippen molar-refractivity contribution >= 4 is 0 Å². The predicted molar refractivity (Wildman–Crippen MR) is 82.5 cm³/mol. The summed E-state index contributed by atoms with van der Waals surface area (Å²) in [5.41, 5.74) is 8.31. The molecule has 3 heterocycles. The fraction of sp³-hybridized carbons (Fsp3) is 0.800. The second-order valence-corrected chi connectivity index (χ2v) is 6.21. The molecule has 2 unspecified atom stereocenters. The maximum Gasteiger partial charge on any atom is 0.216 e. The summed E-state index contributed by atoms with van der Waals surface area (Å²) in [5, 5.41) is 4.51. The summed E-state index contributed by atoms with van der Waals surface area (Å²) in [4.78, 5) is 5.15. The second kappa shape index (κ2) is 5.94. The number of aromatic nitrogens is 2. The minimum Gasteiger partial charge on any atom is -0.481 e. The van der Waals surface area contributed by atoms with Crippen molar-refractivity contribution in [2.75, 3.05) is 39.8 Å². The number of rotatable bonds is 4. The third kappa shape index (κ3) is 2.56. The van der Waals surface area contributed by atoms with Gasteiger partial charge in [0.15, 0.2) is 0 Å². The van der Waals surface area contributed by atoms with Crippen LogP contribution in [0.2, 0.25) is 0 Å². The molecule has 2 fully saturated rings. The second-order valence-electron chi connectivity index (χ2n) is 6.21. The summed E-state index contributed by atoms with van der Waals surface area (Å²) in [7, 11) is 3.64. The zero-order chi connectivity index (χ0) is 15.0. The summed E-state index contributed by atoms with van der Waals surface area (Å²) < 4.78 is 7.38. The molecule has 2 aliphatic heterocycles. The van der Waals surface area contributed by atoms with Crippen molar-refractivity contribution in [3.8, 4) is 5.88 Å². The van der Waals surface area contributed by atoms with E-state index in [1.165, 1.54) is 19.4 Å². The van der Waals surface area contributed by atoms with Crippen LogP contribution in [0.5, 0.6) is 5.88 Å². The van der Waals surface area contributed by atoms with E-state index in [2.05, 4.69) is 14.9 Å². The Hall–Kier alpha value is -1.11. The molecule has 21 heavy (non-hydrogen) atoms. The average Bonchev–Trinajstić information content (AvgIpc) is 3.04. The van der Waals surface area contributed by atoms with E-state index in [1.807, 2.05) is 18.7 Å². The Morgan fingerprint density at radius 3 is 2.90 bits per heavy atom. The average molecular weight is 293 g/mol. The zero-order valence-electron chi connectivity index (χ0n) is 13.4. The molecule has 1 aromatic heterocycles. The Morgan fingerprint density at radius 2 is 2.19 bits per heavy atom. The lowest BCUT2D eigenvalue weighted by molar-refractivity contribution is 0.0725. The molecular formula is C15H27N5O. The number of hydrogen-bond acceptors (Lipinski definition) is 5. The van der Waals surface area contributed by atoms with E-state index in [0.29, 0.717) is 12.6 Å². The van der Waals surface area contributed by atoms with Gasteiger partial charge in [0.25, 0.3) is 0 Å². The van der Waals surface area contributed by atoms with Gasteiger partial charge in [-0.2, -0.15) is 5.10 Å². The number of fused-ring (bicyclic) bond motifs is 1. The molecule has 0 radical (unpaired) electrons. The molecule has 0 aliphatic carbocycles. The summed E-state index contributed by atoms with van der Waals surface area (Å²) in [5.74, 6) is 0.844. The lowest BCUT2D eigenvalue weighted by Crippen LogP contribution is -2.52. The Labute approximate surface area is 126 Å². The van der Waals surface area contributed by atoms with Gasteiger partial charge in [0.05, 0.1) is 24.4 Å². The van der Waals surface area contributed by atoms with E-state index in [9.17, 15) is 0 Å². The fourth-order valence-electron chi connectivity index (χ4n) is 4.03. The van der Waals surface area contributed by atoms with Gasteiger partial charge in [0, 0.05) is 39.3 Å². The highest BCUT2D eigenvalue weighted by atomic mass is 16.5. The van der Waals surface area contributed by atoms with Gasteiger partial charge in [0.2, 0.25) is 5.88 Å². The van der Waals surface area contributed by atoms with Crippen molar-refractivity contribution in [2.45, 2.75) is 31.8 Å². The van der Waals surface area contributed by atoms with Gasteiger partial charge in [-0.15, -0.1) is 0 Å². The fourth-order valence-corrected chi connectivity index (χ4v) is 4.03. The van der Waals surface area contributed by atoms with Gasteiger partial charge in [-0.05, 0) is 26.3 Å². The molecule has 0 spiro atoms. The molecule has 1 aromatic rings. The molecule has 2 saturated heterocycles. The first-order chi connectivity index (χ1) is 10.2. The maximum absolute atomic E-state index is 6.13. The first-order valence-corrected chi connectivity index (χ1v) is 7.91. The van der Waals surface area contributed by atoms with Crippen molar-refractivity contribution in [3.63, 3.8) is 0 Å². The smallest absolute Gasteiger partial charge is 0.216 e. The third-order valence-electron chi connectivity index (χ3n) is 5.02. The van der Waals surface area contributed by atoms with Crippen LogP contribution in [0.4, 0.5) is 0 Å². The van der Waals surface area contributed by atoms with Crippen LogP contribution in [0.1, 0.15) is 30.1 Å². The number of methoxy groups -OCH3 is 1. The van der Waals surface area contributed by atoms with E-state index in [1.54, 1.807) is 7.11 Å². The summed E-state index contributed by atoms with van der Waals surface area (Å²) in [6.45, 7) is 7.26. The van der Waals surface area contributed by atoms with Crippen molar-refractivity contribution < 1.29 is 4.74 Å². The Bertz CT molecular complexity index is 500. The zero-order valence-corrected chi connectivity index (χ0v) is 13.4. The molecule has 2 N–H and O–H groups in total. The van der Waals surface area contributed by atoms with Crippen LogP contribution in [-0.4, -0.2) is 65.5 Å². The van der Waals surface area contributed by atoms with Crippen LogP contribution in [0.15, 0.2) is 0 Å². The first kappa shape index (κ1) is 14.8. The molecule has 6 nitrogen and oxygen atoms in total. The van der Waals surface area contributed by atoms with Gasteiger partial charge < -0.3 is 10.5 Å². The Kier molecular flexibility index (Phi) is 4.19. The molecule has 3 rings (SSSR count). The minimum atomic E-state index is 0.205. The lowest BCUT2D eigenvalue weighted by Gasteiger charge is -2.41. The van der Waals surface area contributed by atoms with Crippen molar-refractivity contribution in [2.24, 2.45) is 12.8 Å². The van der Waals surface area contributed by atoms with Crippen LogP contribution in [0, 0.1) is 6.92 Å². The number of aryl methyl sites for hydroxylation is 2. The monoisotopic (exact) mass is 293 g/mol. The summed E-state index contributed by atoms with van der Waals surface area (Å²) in [6.07, 6.45) is 2.65. The highest BCUT2D eigenvalue weighted by molar-refractivity contribution is 5.34. The van der Waals surface area contributed by atoms with Gasteiger partial charge in [-0.1, -0.05) is 0 Å². The summed E-state index contributed by atoms with van der Waals surface area (Å²) >= 11 is 0. The highest BCUT2D eigenvalue weighted by Crippen LogP contribution is 2.34. The van der Waals surface area contributed by atoms with Crippen LogP contribution < -0.4 is 10.5 Å². The van der Waals surface area contributed by atoms with Gasteiger partial charge in [0.1, 0.15) is 0 Å². The third-order valence-corrected chi connectivity index (χ3v) is 5.02. The number of nitrogens with zero attached hydrogens (tertiary/aromatic N) is 4. The van der Waals surface area contributed by atoms with Gasteiger partial charge in [-0.25, -0.2) is 4.68 Å². The molecule has 118 valence electrons. The van der Waals surface area contributed by atoms with E-state index in [4.69, 9.17) is 10.5 Å². The van der Waals surface area contributed by atoms with E-state index >= 15 is 0 Å². The molecule has 6 heteroatoms. The van der Waals surface area contributed by atoms with Crippen LogP contribution in [-0.2, 0) is 7.05 Å². The molecule has 0 aromatic carbocycles. The highest BCUT2D eigenvalue weighted by Gasteiger charge is 2.35. The van der Waals surface area contributed by atoms with Crippen molar-refractivity contribution in [1.29, 1.82) is 0 Å². The van der Waals surface area contributed by atoms with Crippen molar-refractivity contribution in [1.82, 2.24) is 19.6 Å².